The molecule has 0 heterocycles. The third-order valence-corrected chi connectivity index (χ3v) is 2.57. The summed E-state index contributed by atoms with van der Waals surface area (Å²) in [5.74, 6) is 1.56. The lowest BCUT2D eigenvalue weighted by Gasteiger charge is -2.09. The highest BCUT2D eigenvalue weighted by atomic mass is 16.5. The van der Waals surface area contributed by atoms with Crippen molar-refractivity contribution in [1.29, 1.82) is 0 Å². The zero-order chi connectivity index (χ0) is 13.9. The Morgan fingerprint density at radius 1 is 1.21 bits per heavy atom. The van der Waals surface area contributed by atoms with Crippen molar-refractivity contribution in [3.8, 4) is 5.75 Å². The van der Waals surface area contributed by atoms with E-state index in [9.17, 15) is 0 Å². The first kappa shape index (κ1) is 16.0. The maximum Gasteiger partial charge on any atom is 0.119 e. The van der Waals surface area contributed by atoms with Crippen molar-refractivity contribution in [2.24, 2.45) is 5.92 Å². The van der Waals surface area contributed by atoms with E-state index in [2.05, 4.69) is 38.2 Å². The summed E-state index contributed by atoms with van der Waals surface area (Å²) in [5.41, 5.74) is 1.25. The van der Waals surface area contributed by atoms with E-state index in [4.69, 9.17) is 9.47 Å². The molecule has 0 saturated heterocycles. The highest BCUT2D eigenvalue weighted by Gasteiger charge is 1.97. The second-order valence-corrected chi connectivity index (χ2v) is 5.14. The summed E-state index contributed by atoms with van der Waals surface area (Å²) < 4.78 is 11.1. The van der Waals surface area contributed by atoms with Gasteiger partial charge in [-0.05, 0) is 30.0 Å². The molecule has 0 amide bonds. The second-order valence-electron chi connectivity index (χ2n) is 5.14. The van der Waals surface area contributed by atoms with E-state index in [1.807, 2.05) is 12.1 Å². The van der Waals surface area contributed by atoms with Crippen LogP contribution in [0.1, 0.15) is 32.8 Å². The summed E-state index contributed by atoms with van der Waals surface area (Å²) in [6.45, 7) is 10.6. The Morgan fingerprint density at radius 3 is 2.79 bits per heavy atom. The van der Waals surface area contributed by atoms with Crippen LogP contribution in [0.5, 0.6) is 5.75 Å². The number of ether oxygens (including phenoxy) is 2. The molecular formula is C16H27NO2. The van der Waals surface area contributed by atoms with Gasteiger partial charge >= 0.3 is 0 Å². The van der Waals surface area contributed by atoms with Gasteiger partial charge in [0, 0.05) is 19.7 Å². The van der Waals surface area contributed by atoms with E-state index < -0.39 is 0 Å². The largest absolute Gasteiger partial charge is 0.494 e. The maximum atomic E-state index is 5.61. The molecule has 19 heavy (non-hydrogen) atoms. The fraction of sp³-hybridized carbons (Fsp3) is 0.625. The number of hydrogen-bond acceptors (Lipinski definition) is 3. The molecule has 0 aliphatic rings. The van der Waals surface area contributed by atoms with Crippen LogP contribution in [0.4, 0.5) is 0 Å². The quantitative estimate of drug-likeness (QED) is 0.659. The number of hydrogen-bond donors (Lipinski definition) is 1. The second kappa shape index (κ2) is 9.82. The molecule has 1 aromatic rings. The Balaban J connectivity index is 2.18. The van der Waals surface area contributed by atoms with Gasteiger partial charge in [0.1, 0.15) is 5.75 Å². The molecule has 0 bridgehead atoms. The number of nitrogens with one attached hydrogen (secondary N) is 1. The maximum absolute atomic E-state index is 5.61. The average molecular weight is 265 g/mol. The van der Waals surface area contributed by atoms with Crippen molar-refractivity contribution in [1.82, 2.24) is 5.32 Å². The monoisotopic (exact) mass is 265 g/mol. The molecule has 108 valence electrons. The number of rotatable bonds is 10. The van der Waals surface area contributed by atoms with Gasteiger partial charge < -0.3 is 14.8 Å². The molecule has 3 heteroatoms. The molecule has 0 unspecified atom stereocenters. The van der Waals surface area contributed by atoms with Crippen LogP contribution in [-0.4, -0.2) is 26.4 Å². The minimum atomic E-state index is 0.604. The Bertz CT molecular complexity index is 339. The molecule has 3 nitrogen and oxygen atoms in total. The van der Waals surface area contributed by atoms with E-state index in [0.717, 1.165) is 45.1 Å². The molecule has 0 fully saturated rings. The molecule has 0 saturated carbocycles. The van der Waals surface area contributed by atoms with Crippen LogP contribution in [0, 0.1) is 5.92 Å². The van der Waals surface area contributed by atoms with Crippen LogP contribution in [0.15, 0.2) is 24.3 Å². The van der Waals surface area contributed by atoms with E-state index in [1.54, 1.807) is 0 Å². The fourth-order valence-corrected chi connectivity index (χ4v) is 1.66. The summed E-state index contributed by atoms with van der Waals surface area (Å²) in [7, 11) is 0. The van der Waals surface area contributed by atoms with Gasteiger partial charge in [0.2, 0.25) is 0 Å². The summed E-state index contributed by atoms with van der Waals surface area (Å²) in [5, 5.41) is 3.38. The molecule has 1 rings (SSSR count). The predicted octanol–water partition coefficient (Wildman–Crippen LogP) is 3.24. The molecule has 0 radical (unpaired) electrons. The molecule has 0 aromatic heterocycles. The van der Waals surface area contributed by atoms with Gasteiger partial charge in [0.25, 0.3) is 0 Å². The lowest BCUT2D eigenvalue weighted by Crippen LogP contribution is -2.20. The van der Waals surface area contributed by atoms with E-state index in [1.165, 1.54) is 5.56 Å². The highest BCUT2D eigenvalue weighted by molar-refractivity contribution is 5.28. The Morgan fingerprint density at radius 2 is 2.05 bits per heavy atom. The highest BCUT2D eigenvalue weighted by Crippen LogP contribution is 2.13. The van der Waals surface area contributed by atoms with Crippen LogP contribution in [0.25, 0.3) is 0 Å². The Labute approximate surface area is 117 Å². The van der Waals surface area contributed by atoms with Crippen molar-refractivity contribution in [2.45, 2.75) is 33.7 Å². The normalized spacial score (nSPS) is 10.9. The fourth-order valence-electron chi connectivity index (χ4n) is 1.66. The molecular weight excluding hydrogens is 238 g/mol. The standard InChI is InChI=1S/C16H27NO2/c1-4-9-19-16-7-5-6-15(11-16)12-17-8-10-18-13-14(2)3/h5-7,11,14,17H,4,8-10,12-13H2,1-3H3. The van der Waals surface area contributed by atoms with Crippen LogP contribution < -0.4 is 10.1 Å². The van der Waals surface area contributed by atoms with Gasteiger partial charge in [-0.15, -0.1) is 0 Å². The molecule has 0 spiro atoms. The zero-order valence-electron chi connectivity index (χ0n) is 12.4. The van der Waals surface area contributed by atoms with Crippen molar-refractivity contribution >= 4 is 0 Å². The summed E-state index contributed by atoms with van der Waals surface area (Å²) in [6.07, 6.45) is 1.04. The van der Waals surface area contributed by atoms with Gasteiger partial charge in [0.05, 0.1) is 13.2 Å². The SMILES string of the molecule is CCCOc1cccc(CNCCOCC(C)C)c1. The minimum absolute atomic E-state index is 0.604. The van der Waals surface area contributed by atoms with E-state index in [-0.39, 0.29) is 0 Å². The average Bonchev–Trinajstić information content (AvgIpc) is 2.40. The van der Waals surface area contributed by atoms with Gasteiger partial charge in [0.15, 0.2) is 0 Å². The van der Waals surface area contributed by atoms with Crippen molar-refractivity contribution in [3.63, 3.8) is 0 Å². The van der Waals surface area contributed by atoms with Gasteiger partial charge in [-0.25, -0.2) is 0 Å². The zero-order valence-corrected chi connectivity index (χ0v) is 12.4. The first-order valence-corrected chi connectivity index (χ1v) is 7.22. The number of benzene rings is 1. The van der Waals surface area contributed by atoms with Gasteiger partial charge in [-0.3, -0.25) is 0 Å². The van der Waals surface area contributed by atoms with E-state index >= 15 is 0 Å². The summed E-state index contributed by atoms with van der Waals surface area (Å²) >= 11 is 0. The lowest BCUT2D eigenvalue weighted by molar-refractivity contribution is 0.111. The van der Waals surface area contributed by atoms with Gasteiger partial charge in [-0.1, -0.05) is 32.9 Å². The summed E-state index contributed by atoms with van der Waals surface area (Å²) in [4.78, 5) is 0. The van der Waals surface area contributed by atoms with Crippen molar-refractivity contribution in [2.75, 3.05) is 26.4 Å². The molecule has 0 aliphatic heterocycles. The van der Waals surface area contributed by atoms with Crippen molar-refractivity contribution < 1.29 is 9.47 Å². The smallest absolute Gasteiger partial charge is 0.119 e. The third-order valence-electron chi connectivity index (χ3n) is 2.57. The van der Waals surface area contributed by atoms with Gasteiger partial charge in [-0.2, -0.15) is 0 Å². The molecule has 0 atom stereocenters. The molecule has 1 aromatic carbocycles. The van der Waals surface area contributed by atoms with Crippen LogP contribution in [0.3, 0.4) is 0 Å². The minimum Gasteiger partial charge on any atom is -0.494 e. The molecule has 1 N–H and O–H groups in total. The predicted molar refractivity (Wildman–Crippen MR) is 79.6 cm³/mol. The molecule has 0 aliphatic carbocycles. The van der Waals surface area contributed by atoms with Crippen LogP contribution in [0.2, 0.25) is 0 Å². The van der Waals surface area contributed by atoms with Crippen LogP contribution in [-0.2, 0) is 11.3 Å². The lowest BCUT2D eigenvalue weighted by atomic mass is 10.2. The third kappa shape index (κ3) is 7.85. The van der Waals surface area contributed by atoms with E-state index in [0.29, 0.717) is 5.92 Å². The van der Waals surface area contributed by atoms with Crippen LogP contribution >= 0.6 is 0 Å². The topological polar surface area (TPSA) is 30.5 Å². The Hall–Kier alpha value is -1.06. The Kier molecular flexibility index (Phi) is 8.26. The summed E-state index contributed by atoms with van der Waals surface area (Å²) in [6, 6.07) is 8.25. The van der Waals surface area contributed by atoms with Crippen molar-refractivity contribution in [3.05, 3.63) is 29.8 Å². The first-order valence-electron chi connectivity index (χ1n) is 7.22. The first-order chi connectivity index (χ1) is 9.22.